The smallest absolute Gasteiger partial charge is 0.183 e. The molecule has 0 bridgehead atoms. The van der Waals surface area contributed by atoms with Gasteiger partial charge in [0, 0.05) is 5.56 Å². The quantitative estimate of drug-likeness (QED) is 0.867. The van der Waals surface area contributed by atoms with Crippen molar-refractivity contribution in [3.8, 4) is 5.75 Å². The number of hydrogen-bond acceptors (Lipinski definition) is 2. The lowest BCUT2D eigenvalue weighted by molar-refractivity contribution is 0.289. The number of thiocarbonyl (C=S) groups is 1. The van der Waals surface area contributed by atoms with E-state index in [0.717, 1.165) is 16.7 Å². The molecule has 20 heavy (non-hydrogen) atoms. The van der Waals surface area contributed by atoms with Crippen molar-refractivity contribution in [2.45, 2.75) is 13.5 Å². The molecule has 2 aromatic carbocycles. The van der Waals surface area contributed by atoms with Crippen LogP contribution in [0.5, 0.6) is 5.75 Å². The number of aryl methyl sites for hydroxylation is 1. The van der Waals surface area contributed by atoms with Gasteiger partial charge in [0.15, 0.2) is 11.6 Å². The Kier molecular flexibility index (Phi) is 4.57. The summed E-state index contributed by atoms with van der Waals surface area (Å²) in [5.74, 6) is -0.415. The molecule has 0 amide bonds. The first-order valence-corrected chi connectivity index (χ1v) is 6.74. The Morgan fingerprint density at radius 3 is 2.75 bits per heavy atom. The molecule has 0 saturated heterocycles. The number of ether oxygens (including phenoxy) is 1. The van der Waals surface area contributed by atoms with Gasteiger partial charge in [0.2, 0.25) is 0 Å². The predicted octanol–water partition coefficient (Wildman–Crippen LogP) is 4.00. The highest BCUT2D eigenvalue weighted by atomic mass is 35.5. The van der Waals surface area contributed by atoms with Crippen LogP contribution in [0, 0.1) is 12.7 Å². The second kappa shape index (κ2) is 6.20. The van der Waals surface area contributed by atoms with Gasteiger partial charge < -0.3 is 10.5 Å². The molecule has 0 atom stereocenters. The molecule has 0 aliphatic heterocycles. The Morgan fingerprint density at radius 2 is 2.10 bits per heavy atom. The van der Waals surface area contributed by atoms with Gasteiger partial charge in [-0.1, -0.05) is 42.0 Å². The molecule has 0 fully saturated rings. The minimum atomic E-state index is -0.549. The Morgan fingerprint density at radius 1 is 1.35 bits per heavy atom. The summed E-state index contributed by atoms with van der Waals surface area (Å²) in [6.07, 6.45) is 0. The second-order valence-electron chi connectivity index (χ2n) is 4.35. The summed E-state index contributed by atoms with van der Waals surface area (Å²) < 4.78 is 19.1. The minimum Gasteiger partial charge on any atom is -0.486 e. The summed E-state index contributed by atoms with van der Waals surface area (Å²) in [7, 11) is 0. The third kappa shape index (κ3) is 3.26. The molecule has 2 rings (SSSR count). The van der Waals surface area contributed by atoms with E-state index in [1.54, 1.807) is 12.1 Å². The lowest BCUT2D eigenvalue weighted by Gasteiger charge is -2.11. The Bertz CT molecular complexity index is 660. The first kappa shape index (κ1) is 14.8. The van der Waals surface area contributed by atoms with Gasteiger partial charge >= 0.3 is 0 Å². The van der Waals surface area contributed by atoms with Crippen molar-refractivity contribution in [3.63, 3.8) is 0 Å². The maximum atomic E-state index is 13.7. The molecule has 5 heteroatoms. The molecule has 0 saturated carbocycles. The maximum absolute atomic E-state index is 13.7. The van der Waals surface area contributed by atoms with Crippen LogP contribution in [-0.4, -0.2) is 4.99 Å². The van der Waals surface area contributed by atoms with Gasteiger partial charge in [-0.2, -0.15) is 0 Å². The summed E-state index contributed by atoms with van der Waals surface area (Å²) in [6, 6.07) is 10.2. The largest absolute Gasteiger partial charge is 0.486 e. The Balaban J connectivity index is 2.15. The van der Waals surface area contributed by atoms with Crippen LogP contribution in [0.1, 0.15) is 16.7 Å². The van der Waals surface area contributed by atoms with E-state index in [1.165, 1.54) is 6.07 Å². The van der Waals surface area contributed by atoms with Gasteiger partial charge in [0.25, 0.3) is 0 Å². The molecule has 0 radical (unpaired) electrons. The van der Waals surface area contributed by atoms with Crippen LogP contribution in [0.4, 0.5) is 4.39 Å². The maximum Gasteiger partial charge on any atom is 0.183 e. The minimum absolute atomic E-state index is 0.0445. The average Bonchev–Trinajstić information content (AvgIpc) is 2.41. The molecular formula is C15H13ClFNOS. The topological polar surface area (TPSA) is 35.2 Å². The van der Waals surface area contributed by atoms with Crippen LogP contribution >= 0.6 is 23.8 Å². The SMILES string of the molecule is Cc1cc(C(N)=S)ccc1COc1cccc(Cl)c1F. The second-order valence-corrected chi connectivity index (χ2v) is 5.19. The van der Waals surface area contributed by atoms with E-state index in [-0.39, 0.29) is 17.4 Å². The summed E-state index contributed by atoms with van der Waals surface area (Å²) in [4.78, 5) is 0.349. The van der Waals surface area contributed by atoms with Crippen molar-refractivity contribution in [1.82, 2.24) is 0 Å². The van der Waals surface area contributed by atoms with E-state index < -0.39 is 5.82 Å². The van der Waals surface area contributed by atoms with Crippen molar-refractivity contribution in [2.24, 2.45) is 5.73 Å². The summed E-state index contributed by atoms with van der Waals surface area (Å²) >= 11 is 10.6. The van der Waals surface area contributed by atoms with Crippen LogP contribution < -0.4 is 10.5 Å². The van der Waals surface area contributed by atoms with Gasteiger partial charge in [-0.3, -0.25) is 0 Å². The highest BCUT2D eigenvalue weighted by Gasteiger charge is 2.08. The molecule has 0 heterocycles. The number of hydrogen-bond donors (Lipinski definition) is 1. The average molecular weight is 310 g/mol. The van der Waals surface area contributed by atoms with Gasteiger partial charge in [0.05, 0.1) is 5.02 Å². The monoisotopic (exact) mass is 309 g/mol. The zero-order chi connectivity index (χ0) is 14.7. The molecule has 0 aliphatic carbocycles. The van der Waals surface area contributed by atoms with E-state index in [9.17, 15) is 4.39 Å². The van der Waals surface area contributed by atoms with Crippen LogP contribution in [0.25, 0.3) is 0 Å². The summed E-state index contributed by atoms with van der Waals surface area (Å²) in [5, 5.41) is 0.0445. The molecule has 0 spiro atoms. The van der Waals surface area contributed by atoms with Crippen molar-refractivity contribution in [2.75, 3.05) is 0 Å². The van der Waals surface area contributed by atoms with Crippen LogP contribution in [0.3, 0.4) is 0 Å². The van der Waals surface area contributed by atoms with Crippen LogP contribution in [0.15, 0.2) is 36.4 Å². The highest BCUT2D eigenvalue weighted by molar-refractivity contribution is 7.80. The van der Waals surface area contributed by atoms with Crippen molar-refractivity contribution >= 4 is 28.8 Å². The van der Waals surface area contributed by atoms with Gasteiger partial charge in [0.1, 0.15) is 11.6 Å². The Labute approximate surface area is 127 Å². The molecule has 0 aliphatic rings. The van der Waals surface area contributed by atoms with E-state index in [4.69, 9.17) is 34.3 Å². The zero-order valence-electron chi connectivity index (χ0n) is 10.8. The fraction of sp³-hybridized carbons (Fsp3) is 0.133. The lowest BCUT2D eigenvalue weighted by atomic mass is 10.1. The number of halogens is 2. The van der Waals surface area contributed by atoms with E-state index in [0.29, 0.717) is 4.99 Å². The molecule has 0 unspecified atom stereocenters. The number of nitrogens with two attached hydrogens (primary N) is 1. The fourth-order valence-electron chi connectivity index (χ4n) is 1.76. The van der Waals surface area contributed by atoms with Gasteiger partial charge in [-0.15, -0.1) is 0 Å². The van der Waals surface area contributed by atoms with Crippen LogP contribution in [0.2, 0.25) is 5.02 Å². The molecule has 2 N–H and O–H groups in total. The molecule has 0 aromatic heterocycles. The van der Waals surface area contributed by atoms with Crippen molar-refractivity contribution < 1.29 is 9.13 Å². The first-order valence-electron chi connectivity index (χ1n) is 5.95. The van der Waals surface area contributed by atoms with Gasteiger partial charge in [-0.25, -0.2) is 4.39 Å². The molecule has 2 aromatic rings. The third-order valence-electron chi connectivity index (χ3n) is 2.93. The van der Waals surface area contributed by atoms with E-state index in [1.807, 2.05) is 25.1 Å². The van der Waals surface area contributed by atoms with Gasteiger partial charge in [-0.05, 0) is 36.2 Å². The molecular weight excluding hydrogens is 297 g/mol. The molecule has 104 valence electrons. The normalized spacial score (nSPS) is 10.3. The highest BCUT2D eigenvalue weighted by Crippen LogP contribution is 2.25. The summed E-state index contributed by atoms with van der Waals surface area (Å²) in [5.41, 5.74) is 8.29. The summed E-state index contributed by atoms with van der Waals surface area (Å²) in [6.45, 7) is 2.18. The van der Waals surface area contributed by atoms with Crippen molar-refractivity contribution in [3.05, 3.63) is 63.9 Å². The van der Waals surface area contributed by atoms with E-state index >= 15 is 0 Å². The standard InChI is InChI=1S/C15H13ClFNOS/c1-9-7-10(15(18)20)5-6-11(9)8-19-13-4-2-3-12(16)14(13)17/h2-7H,8H2,1H3,(H2,18,20). The third-order valence-corrected chi connectivity index (χ3v) is 3.45. The lowest BCUT2D eigenvalue weighted by Crippen LogP contribution is -2.10. The molecule has 2 nitrogen and oxygen atoms in total. The Hall–Kier alpha value is -1.65. The predicted molar refractivity (Wildman–Crippen MR) is 82.8 cm³/mol. The van der Waals surface area contributed by atoms with Crippen LogP contribution in [-0.2, 0) is 6.61 Å². The number of benzene rings is 2. The fourth-order valence-corrected chi connectivity index (χ4v) is 2.05. The van der Waals surface area contributed by atoms with E-state index in [2.05, 4.69) is 0 Å². The zero-order valence-corrected chi connectivity index (χ0v) is 12.4. The number of rotatable bonds is 4. The van der Waals surface area contributed by atoms with Crippen molar-refractivity contribution in [1.29, 1.82) is 0 Å². The first-order chi connectivity index (χ1) is 9.49.